The average Bonchev–Trinajstić information content (AvgIpc) is 2.89. The second kappa shape index (κ2) is 5.76. The Kier molecular flexibility index (Phi) is 4.07. The van der Waals surface area contributed by atoms with Crippen molar-refractivity contribution in [1.82, 2.24) is 4.98 Å². The molecule has 0 atom stereocenters. The normalized spacial score (nSPS) is 16.9. The molecule has 1 aliphatic rings. The first kappa shape index (κ1) is 12.7. The molecule has 0 spiro atoms. The van der Waals surface area contributed by atoms with E-state index in [-0.39, 0.29) is 0 Å². The summed E-state index contributed by atoms with van der Waals surface area (Å²) < 4.78 is 17.6. The molecular formula is C14H16FNO2. The van der Waals surface area contributed by atoms with E-state index in [1.54, 1.807) is 6.07 Å². The minimum Gasteiger partial charge on any atom is -0.465 e. The van der Waals surface area contributed by atoms with Gasteiger partial charge < -0.3 is 4.74 Å². The summed E-state index contributed by atoms with van der Waals surface area (Å²) in [5, 5.41) is 0. The fourth-order valence-corrected chi connectivity index (χ4v) is 2.29. The minimum atomic E-state index is -0.552. The molecule has 0 bridgehead atoms. The number of halogens is 1. The molecule has 0 amide bonds. The molecule has 1 aromatic heterocycles. The van der Waals surface area contributed by atoms with Crippen molar-refractivity contribution in [2.24, 2.45) is 5.92 Å². The number of hydrogen-bond acceptors (Lipinski definition) is 3. The topological polar surface area (TPSA) is 39.2 Å². The van der Waals surface area contributed by atoms with Gasteiger partial charge in [-0.1, -0.05) is 18.9 Å². The van der Waals surface area contributed by atoms with Gasteiger partial charge in [0.15, 0.2) is 0 Å². The summed E-state index contributed by atoms with van der Waals surface area (Å²) in [5.74, 6) is -0.539. The summed E-state index contributed by atoms with van der Waals surface area (Å²) in [6.07, 6.45) is 7.87. The Morgan fingerprint density at radius 3 is 2.72 bits per heavy atom. The van der Waals surface area contributed by atoms with E-state index in [9.17, 15) is 9.18 Å². The smallest absolute Gasteiger partial charge is 0.338 e. The Labute approximate surface area is 106 Å². The third-order valence-corrected chi connectivity index (χ3v) is 3.25. The van der Waals surface area contributed by atoms with Gasteiger partial charge >= 0.3 is 5.97 Å². The highest BCUT2D eigenvalue weighted by Gasteiger charge is 2.18. The van der Waals surface area contributed by atoms with Crippen molar-refractivity contribution in [3.63, 3.8) is 0 Å². The fourth-order valence-electron chi connectivity index (χ4n) is 2.29. The number of aromatic nitrogens is 1. The minimum absolute atomic E-state index is 0.393. The number of esters is 1. The summed E-state index contributed by atoms with van der Waals surface area (Å²) in [7, 11) is 1.35. The molecule has 1 fully saturated rings. The Bertz CT molecular complexity index is 447. The van der Waals surface area contributed by atoms with Crippen molar-refractivity contribution < 1.29 is 13.9 Å². The van der Waals surface area contributed by atoms with Crippen LogP contribution in [-0.2, 0) is 9.53 Å². The van der Waals surface area contributed by atoms with Crippen molar-refractivity contribution >= 4 is 11.5 Å². The van der Waals surface area contributed by atoms with Crippen molar-refractivity contribution in [1.29, 1.82) is 0 Å². The number of carbonyl (C=O) groups excluding carboxylic acids is 1. The zero-order chi connectivity index (χ0) is 13.0. The van der Waals surface area contributed by atoms with Crippen LogP contribution >= 0.6 is 0 Å². The van der Waals surface area contributed by atoms with Gasteiger partial charge in [-0.25, -0.2) is 9.78 Å². The van der Waals surface area contributed by atoms with Gasteiger partial charge in [-0.05, 0) is 30.9 Å². The molecule has 3 nitrogen and oxygen atoms in total. The van der Waals surface area contributed by atoms with Crippen LogP contribution in [0.25, 0.3) is 5.57 Å². The Hall–Kier alpha value is -1.71. The second-order valence-electron chi connectivity index (χ2n) is 4.49. The molecule has 0 aromatic carbocycles. The van der Waals surface area contributed by atoms with Crippen LogP contribution in [0.4, 0.5) is 4.39 Å². The lowest BCUT2D eigenvalue weighted by molar-refractivity contribution is -0.133. The molecule has 18 heavy (non-hydrogen) atoms. The Morgan fingerprint density at radius 2 is 2.17 bits per heavy atom. The molecule has 96 valence electrons. The zero-order valence-corrected chi connectivity index (χ0v) is 10.4. The van der Waals surface area contributed by atoms with E-state index in [2.05, 4.69) is 4.98 Å². The van der Waals surface area contributed by atoms with Gasteiger partial charge in [-0.15, -0.1) is 0 Å². The largest absolute Gasteiger partial charge is 0.465 e. The predicted octanol–water partition coefficient (Wildman–Crippen LogP) is 2.97. The highest BCUT2D eigenvalue weighted by molar-refractivity contribution is 6.16. The highest BCUT2D eigenvalue weighted by Crippen LogP contribution is 2.29. The number of ether oxygens (including phenoxy) is 1. The van der Waals surface area contributed by atoms with Crippen LogP contribution in [0.3, 0.4) is 0 Å². The summed E-state index contributed by atoms with van der Waals surface area (Å²) in [6.45, 7) is 0. The number of allylic oxidation sites excluding steroid dienone is 1. The predicted molar refractivity (Wildman–Crippen MR) is 66.1 cm³/mol. The Balaban J connectivity index is 2.29. The average molecular weight is 249 g/mol. The number of rotatable bonds is 3. The first-order valence-corrected chi connectivity index (χ1v) is 6.13. The summed E-state index contributed by atoms with van der Waals surface area (Å²) >= 11 is 0. The van der Waals surface area contributed by atoms with Crippen LogP contribution < -0.4 is 0 Å². The van der Waals surface area contributed by atoms with E-state index in [0.717, 1.165) is 12.8 Å². The maximum Gasteiger partial charge on any atom is 0.338 e. The maximum atomic E-state index is 12.8. The van der Waals surface area contributed by atoms with Crippen molar-refractivity contribution in [3.05, 3.63) is 35.9 Å². The first-order chi connectivity index (χ1) is 8.70. The molecular weight excluding hydrogens is 233 g/mol. The third-order valence-electron chi connectivity index (χ3n) is 3.25. The van der Waals surface area contributed by atoms with Gasteiger partial charge in [0.2, 0.25) is 5.95 Å². The number of carbonyl (C=O) groups is 1. The summed E-state index contributed by atoms with van der Waals surface area (Å²) in [5.41, 5.74) is 1.09. The van der Waals surface area contributed by atoms with Gasteiger partial charge in [-0.2, -0.15) is 4.39 Å². The van der Waals surface area contributed by atoms with E-state index >= 15 is 0 Å². The van der Waals surface area contributed by atoms with E-state index in [1.807, 2.05) is 6.08 Å². The maximum absolute atomic E-state index is 12.8. The van der Waals surface area contributed by atoms with Crippen LogP contribution in [0, 0.1) is 11.9 Å². The highest BCUT2D eigenvalue weighted by atomic mass is 19.1. The van der Waals surface area contributed by atoms with Crippen LogP contribution in [-0.4, -0.2) is 18.1 Å². The van der Waals surface area contributed by atoms with Gasteiger partial charge in [0.05, 0.1) is 12.7 Å². The van der Waals surface area contributed by atoms with E-state index in [1.165, 1.54) is 32.2 Å². The van der Waals surface area contributed by atoms with E-state index < -0.39 is 11.9 Å². The van der Waals surface area contributed by atoms with Crippen LogP contribution in [0.5, 0.6) is 0 Å². The molecule has 0 radical (unpaired) electrons. The third kappa shape index (κ3) is 2.94. The molecule has 0 saturated heterocycles. The number of hydrogen-bond donors (Lipinski definition) is 0. The number of methoxy groups -OCH3 is 1. The molecule has 4 heteroatoms. The van der Waals surface area contributed by atoms with Gasteiger partial charge in [0.1, 0.15) is 0 Å². The van der Waals surface area contributed by atoms with Crippen molar-refractivity contribution in [2.45, 2.75) is 25.7 Å². The lowest BCUT2D eigenvalue weighted by Gasteiger charge is -2.08. The molecule has 1 heterocycles. The molecule has 1 aromatic rings. The Morgan fingerprint density at radius 1 is 1.44 bits per heavy atom. The van der Waals surface area contributed by atoms with Crippen molar-refractivity contribution in [3.8, 4) is 0 Å². The van der Waals surface area contributed by atoms with E-state index in [0.29, 0.717) is 17.1 Å². The molecule has 0 aliphatic heterocycles. The SMILES string of the molecule is COC(=O)C(=CC1CCCC1)c1ccc(F)nc1. The van der Waals surface area contributed by atoms with Gasteiger partial charge in [0, 0.05) is 11.8 Å². The number of nitrogens with zero attached hydrogens (tertiary/aromatic N) is 1. The van der Waals surface area contributed by atoms with Crippen LogP contribution in [0.1, 0.15) is 31.2 Å². The van der Waals surface area contributed by atoms with Crippen molar-refractivity contribution in [2.75, 3.05) is 7.11 Å². The van der Waals surface area contributed by atoms with Crippen LogP contribution in [0.15, 0.2) is 24.4 Å². The molecule has 1 saturated carbocycles. The standard InChI is InChI=1S/C14H16FNO2/c1-18-14(17)12(8-10-4-2-3-5-10)11-6-7-13(15)16-9-11/h6-10H,2-5H2,1H3. The fraction of sp³-hybridized carbons (Fsp3) is 0.429. The molecule has 2 rings (SSSR count). The molecule has 1 aliphatic carbocycles. The summed E-state index contributed by atoms with van der Waals surface area (Å²) in [4.78, 5) is 15.3. The van der Waals surface area contributed by atoms with Gasteiger partial charge in [-0.3, -0.25) is 0 Å². The van der Waals surface area contributed by atoms with E-state index in [4.69, 9.17) is 4.74 Å². The lowest BCUT2D eigenvalue weighted by atomic mass is 10.00. The van der Waals surface area contributed by atoms with Gasteiger partial charge in [0.25, 0.3) is 0 Å². The molecule has 0 N–H and O–H groups in total. The molecule has 0 unspecified atom stereocenters. The lowest BCUT2D eigenvalue weighted by Crippen LogP contribution is -2.06. The monoisotopic (exact) mass is 249 g/mol. The summed E-state index contributed by atoms with van der Waals surface area (Å²) in [6, 6.07) is 2.81. The second-order valence-corrected chi connectivity index (χ2v) is 4.49. The first-order valence-electron chi connectivity index (χ1n) is 6.13. The quantitative estimate of drug-likeness (QED) is 0.469. The zero-order valence-electron chi connectivity index (χ0n) is 10.4. The number of pyridine rings is 1. The van der Waals surface area contributed by atoms with Crippen LogP contribution in [0.2, 0.25) is 0 Å².